The number of carboxylic acid groups (broad SMARTS) is 1. The summed E-state index contributed by atoms with van der Waals surface area (Å²) >= 11 is 6.41. The zero-order valence-corrected chi connectivity index (χ0v) is 36.6. The Bertz CT molecular complexity index is 3280. The predicted molar refractivity (Wildman–Crippen MR) is 239 cm³/mol. The maximum absolute atomic E-state index is 13.7. The van der Waals surface area contributed by atoms with Gasteiger partial charge in [0.1, 0.15) is 34.1 Å². The van der Waals surface area contributed by atoms with Crippen LogP contribution in [-0.4, -0.2) is 78.7 Å². The van der Waals surface area contributed by atoms with E-state index in [-0.39, 0.29) is 66.9 Å². The summed E-state index contributed by atoms with van der Waals surface area (Å²) in [6, 6.07) is 25.3. The number of hydrogen-bond donors (Lipinski definition) is 4. The van der Waals surface area contributed by atoms with Crippen molar-refractivity contribution in [3.8, 4) is 44.9 Å². The fourth-order valence-electron chi connectivity index (χ4n) is 6.94. The van der Waals surface area contributed by atoms with Crippen molar-refractivity contribution in [1.82, 2.24) is 20.6 Å². The van der Waals surface area contributed by atoms with Gasteiger partial charge in [0.25, 0.3) is 11.8 Å². The van der Waals surface area contributed by atoms with Crippen LogP contribution in [-0.2, 0) is 4.74 Å². The van der Waals surface area contributed by atoms with Crippen molar-refractivity contribution < 1.29 is 68.6 Å². The van der Waals surface area contributed by atoms with Gasteiger partial charge >= 0.3 is 24.0 Å². The number of carboxylic acids is 1. The Kier molecular flexibility index (Phi) is 13.8. The van der Waals surface area contributed by atoms with Gasteiger partial charge in [-0.25, -0.2) is 23.4 Å². The highest BCUT2D eigenvalue weighted by Crippen LogP contribution is 2.41. The van der Waals surface area contributed by atoms with Crippen molar-refractivity contribution in [2.75, 3.05) is 33.1 Å². The molecule has 0 saturated heterocycles. The number of fused-ring (bicyclic) bond motifs is 2. The van der Waals surface area contributed by atoms with E-state index in [1.54, 1.807) is 30.3 Å². The highest BCUT2D eigenvalue weighted by atomic mass is 35.5. The highest BCUT2D eigenvalue weighted by Gasteiger charge is 2.57. The molecule has 0 fully saturated rings. The van der Waals surface area contributed by atoms with Gasteiger partial charge < -0.3 is 34.6 Å². The van der Waals surface area contributed by atoms with Crippen molar-refractivity contribution in [1.29, 1.82) is 0 Å². The van der Waals surface area contributed by atoms with Gasteiger partial charge in [0.15, 0.2) is 0 Å². The number of ether oxygens (including phenoxy) is 1. The van der Waals surface area contributed by atoms with E-state index >= 15 is 0 Å². The SMILES string of the molecule is CNC(=O)c1c(-c2ccc(F)cc2)oc2nc(Cl)c(-c3cccc(C(=O)OC)c3)cc12.CNC(=O)c1c(-c2ccc(F)cc2)oc2nc(NCC(F)(F)C(F)(F)F)c(-c3cccc(C(=O)O)c3)cc12. The standard InChI is InChI=1S/C25H17F6N3O4.C23H16ClFN2O4/c1-32-21(35)18-17-10-16(13-3-2-4-14(9-13)23(36)37)20(33-11-24(27,28)25(29,30)31)34-22(17)38-19(18)12-5-7-15(26)8-6-12;1-26-21(28)18-17-11-16(13-4-3-5-14(10-13)23(29)30-2)20(24)27-22(17)31-19(18)12-6-8-15(25)9-7-12/h2-10H,11H2,1H3,(H,32,35)(H,33,34)(H,36,37);3-11H,1-2H3,(H,26,28). The number of anilines is 1. The second-order valence-electron chi connectivity index (χ2n) is 14.7. The first-order valence-electron chi connectivity index (χ1n) is 20.0. The molecule has 354 valence electrons. The summed E-state index contributed by atoms with van der Waals surface area (Å²) in [5.41, 5.74) is 2.14. The molecule has 69 heavy (non-hydrogen) atoms. The van der Waals surface area contributed by atoms with Crippen LogP contribution in [0.4, 0.5) is 36.6 Å². The molecule has 4 N–H and O–H groups in total. The number of carbonyl (C=O) groups is 4. The number of carbonyl (C=O) groups excluding carboxylic acids is 3. The summed E-state index contributed by atoms with van der Waals surface area (Å²) in [5.74, 6) is -9.24. The van der Waals surface area contributed by atoms with Gasteiger partial charge in [-0.1, -0.05) is 35.9 Å². The number of nitrogens with one attached hydrogen (secondary N) is 3. The maximum atomic E-state index is 13.7. The third kappa shape index (κ3) is 10.1. The fraction of sp³-hybridized carbons (Fsp3) is 0.125. The van der Waals surface area contributed by atoms with Crippen molar-refractivity contribution in [3.63, 3.8) is 0 Å². The number of alkyl halides is 5. The molecule has 0 aliphatic heterocycles. The topological polar surface area (TPSA) is 186 Å². The smallest absolute Gasteiger partial charge is 0.455 e. The van der Waals surface area contributed by atoms with E-state index in [1.165, 1.54) is 87.9 Å². The van der Waals surface area contributed by atoms with E-state index in [2.05, 4.69) is 20.6 Å². The first-order chi connectivity index (χ1) is 32.7. The van der Waals surface area contributed by atoms with Crippen molar-refractivity contribution >= 4 is 63.4 Å². The molecule has 0 aliphatic rings. The van der Waals surface area contributed by atoms with E-state index in [4.69, 9.17) is 25.2 Å². The molecule has 0 saturated carbocycles. The van der Waals surface area contributed by atoms with Gasteiger partial charge in [-0.05, 0) is 96.1 Å². The van der Waals surface area contributed by atoms with Crippen molar-refractivity contribution in [3.05, 3.63) is 148 Å². The molecule has 0 radical (unpaired) electrons. The van der Waals surface area contributed by atoms with E-state index in [0.29, 0.717) is 27.6 Å². The van der Waals surface area contributed by atoms with Crippen LogP contribution in [0, 0.1) is 11.6 Å². The lowest BCUT2D eigenvalue weighted by atomic mass is 10.00. The van der Waals surface area contributed by atoms with Gasteiger partial charge in [-0.3, -0.25) is 9.59 Å². The van der Waals surface area contributed by atoms with Gasteiger partial charge in [0.05, 0.1) is 46.7 Å². The molecule has 13 nitrogen and oxygen atoms in total. The first kappa shape index (κ1) is 48.7. The average molecular weight is 976 g/mol. The van der Waals surface area contributed by atoms with E-state index in [9.17, 15) is 55.0 Å². The average Bonchev–Trinajstić information content (AvgIpc) is 3.90. The Hall–Kier alpha value is -8.26. The zero-order chi connectivity index (χ0) is 49.9. The fourth-order valence-corrected chi connectivity index (χ4v) is 7.18. The zero-order valence-electron chi connectivity index (χ0n) is 35.8. The summed E-state index contributed by atoms with van der Waals surface area (Å²) in [6.07, 6.45) is -5.85. The number of methoxy groups -OCH3 is 1. The lowest BCUT2D eigenvalue weighted by molar-refractivity contribution is -0.275. The Morgan fingerprint density at radius 1 is 0.652 bits per heavy atom. The molecule has 4 aromatic carbocycles. The predicted octanol–water partition coefficient (Wildman–Crippen LogP) is 11.1. The summed E-state index contributed by atoms with van der Waals surface area (Å²) in [6.45, 7) is -1.88. The second-order valence-corrected chi connectivity index (χ2v) is 15.1. The number of esters is 1. The number of amides is 2. The van der Waals surface area contributed by atoms with Crippen LogP contribution >= 0.6 is 11.6 Å². The molecular formula is C48H33ClF7N5O8. The number of pyridine rings is 2. The number of halogens is 8. The van der Waals surface area contributed by atoms with Crippen molar-refractivity contribution in [2.24, 2.45) is 0 Å². The number of aromatic nitrogens is 2. The number of benzene rings is 4. The summed E-state index contributed by atoms with van der Waals surface area (Å²) in [7, 11) is 4.13. The molecule has 0 unspecified atom stereocenters. The van der Waals surface area contributed by atoms with E-state index in [0.717, 1.165) is 12.1 Å². The van der Waals surface area contributed by atoms with Gasteiger partial charge in [0.2, 0.25) is 11.4 Å². The van der Waals surface area contributed by atoms with Gasteiger partial charge in [-0.15, -0.1) is 0 Å². The van der Waals surface area contributed by atoms with Crippen molar-refractivity contribution in [2.45, 2.75) is 12.1 Å². The van der Waals surface area contributed by atoms with Gasteiger partial charge in [0, 0.05) is 36.3 Å². The number of nitrogens with zero attached hydrogens (tertiary/aromatic N) is 2. The minimum Gasteiger partial charge on any atom is -0.478 e. The number of hydrogen-bond acceptors (Lipinski definition) is 10. The molecule has 21 heteroatoms. The number of rotatable bonds is 11. The molecule has 0 bridgehead atoms. The van der Waals surface area contributed by atoms with Crippen LogP contribution in [0.1, 0.15) is 41.4 Å². The lowest BCUT2D eigenvalue weighted by Gasteiger charge is -2.21. The second kappa shape index (κ2) is 19.5. The molecule has 8 rings (SSSR count). The Labute approximate surface area is 389 Å². The molecule has 0 atom stereocenters. The van der Waals surface area contributed by atoms with Crippen LogP contribution in [0.15, 0.2) is 118 Å². The Morgan fingerprint density at radius 3 is 1.59 bits per heavy atom. The lowest BCUT2D eigenvalue weighted by Crippen LogP contribution is -2.42. The Morgan fingerprint density at radius 2 is 1.12 bits per heavy atom. The highest BCUT2D eigenvalue weighted by molar-refractivity contribution is 6.33. The minimum atomic E-state index is -5.85. The largest absolute Gasteiger partial charge is 0.478 e. The first-order valence-corrected chi connectivity index (χ1v) is 20.4. The molecule has 0 aliphatic carbocycles. The number of furan rings is 2. The van der Waals surface area contributed by atoms with E-state index in [1.807, 2.05) is 5.32 Å². The molecular weight excluding hydrogens is 943 g/mol. The minimum absolute atomic E-state index is 0.0486. The number of aromatic carboxylic acids is 1. The van der Waals surface area contributed by atoms with Crippen LogP contribution in [0.25, 0.3) is 67.1 Å². The van der Waals surface area contributed by atoms with E-state index < -0.39 is 59.8 Å². The van der Waals surface area contributed by atoms with Gasteiger partial charge in [-0.2, -0.15) is 26.9 Å². The summed E-state index contributed by atoms with van der Waals surface area (Å²) in [4.78, 5) is 57.2. The van der Waals surface area contributed by atoms with Crippen LogP contribution in [0.3, 0.4) is 0 Å². The normalized spacial score (nSPS) is 11.5. The summed E-state index contributed by atoms with van der Waals surface area (Å²) in [5, 5.41) is 17.0. The monoisotopic (exact) mass is 975 g/mol. The molecule has 0 spiro atoms. The summed E-state index contributed by atoms with van der Waals surface area (Å²) < 4.78 is 109. The Balaban J connectivity index is 0.000000208. The molecule has 4 aromatic heterocycles. The quantitative estimate of drug-likeness (QED) is 0.0549. The molecule has 8 aromatic rings. The molecule has 2 amide bonds. The maximum Gasteiger partial charge on any atom is 0.455 e. The van der Waals surface area contributed by atoms with Crippen LogP contribution in [0.5, 0.6) is 0 Å². The molecule has 4 heterocycles. The van der Waals surface area contributed by atoms with Crippen LogP contribution < -0.4 is 16.0 Å². The third-order valence-corrected chi connectivity index (χ3v) is 10.6. The van der Waals surface area contributed by atoms with Crippen LogP contribution in [0.2, 0.25) is 5.15 Å². The third-order valence-electron chi connectivity index (χ3n) is 10.3.